The lowest BCUT2D eigenvalue weighted by Crippen LogP contribution is -2.50. The van der Waals surface area contributed by atoms with Crippen LogP contribution in [-0.2, 0) is 26.0 Å². The molecule has 1 atom stereocenters. The Hall–Kier alpha value is -2.53. The standard InChI is InChI=1S/C26H34FN3O5S/c1-20-4-9-24(17-25(20)27)36(32,33)30-14-15-35-23(19-30)18-28-10-3-11-29(13-12-28)26(31)16-21-5-7-22(34-2)8-6-21/h4-9,17,23H,3,10-16,18-19H2,1-2H3. The number of rotatable bonds is 7. The summed E-state index contributed by atoms with van der Waals surface area (Å²) >= 11 is 0. The fraction of sp³-hybridized carbons (Fsp3) is 0.500. The maximum Gasteiger partial charge on any atom is 0.243 e. The van der Waals surface area contributed by atoms with Crippen LogP contribution in [0.15, 0.2) is 47.4 Å². The molecule has 4 rings (SSSR count). The van der Waals surface area contributed by atoms with Gasteiger partial charge in [0, 0.05) is 39.3 Å². The summed E-state index contributed by atoms with van der Waals surface area (Å²) in [4.78, 5) is 16.9. The average molecular weight is 520 g/mol. The predicted octanol–water partition coefficient (Wildman–Crippen LogP) is 2.31. The lowest BCUT2D eigenvalue weighted by molar-refractivity contribution is -0.130. The van der Waals surface area contributed by atoms with Gasteiger partial charge in [-0.2, -0.15) is 4.31 Å². The van der Waals surface area contributed by atoms with Gasteiger partial charge in [0.15, 0.2) is 0 Å². The van der Waals surface area contributed by atoms with Crippen LogP contribution >= 0.6 is 0 Å². The van der Waals surface area contributed by atoms with Crippen molar-refractivity contribution in [3.8, 4) is 5.75 Å². The Kier molecular flexibility index (Phi) is 8.61. The van der Waals surface area contributed by atoms with Crippen LogP contribution in [-0.4, -0.2) is 94.1 Å². The molecule has 2 aliphatic rings. The van der Waals surface area contributed by atoms with E-state index in [9.17, 15) is 17.6 Å². The summed E-state index contributed by atoms with van der Waals surface area (Å²) in [5, 5.41) is 0. The second kappa shape index (κ2) is 11.7. The molecule has 2 aromatic rings. The Morgan fingerprint density at radius 2 is 1.86 bits per heavy atom. The van der Waals surface area contributed by atoms with Crippen LogP contribution in [0.2, 0.25) is 0 Å². The van der Waals surface area contributed by atoms with Gasteiger partial charge in [-0.1, -0.05) is 18.2 Å². The third-order valence-corrected chi connectivity index (χ3v) is 8.66. The lowest BCUT2D eigenvalue weighted by atomic mass is 10.1. The number of hydrogen-bond donors (Lipinski definition) is 0. The molecular weight excluding hydrogens is 485 g/mol. The summed E-state index contributed by atoms with van der Waals surface area (Å²) < 4.78 is 52.6. The zero-order chi connectivity index (χ0) is 25.7. The number of methoxy groups -OCH3 is 1. The number of aryl methyl sites for hydroxylation is 1. The Balaban J connectivity index is 1.30. The van der Waals surface area contributed by atoms with Gasteiger partial charge in [0.2, 0.25) is 15.9 Å². The maximum absolute atomic E-state index is 14.0. The summed E-state index contributed by atoms with van der Waals surface area (Å²) in [7, 11) is -2.19. The molecule has 36 heavy (non-hydrogen) atoms. The minimum Gasteiger partial charge on any atom is -0.497 e. The highest BCUT2D eigenvalue weighted by atomic mass is 32.2. The number of sulfonamides is 1. The fourth-order valence-electron chi connectivity index (χ4n) is 4.62. The fourth-order valence-corrected chi connectivity index (χ4v) is 6.09. The van der Waals surface area contributed by atoms with E-state index >= 15 is 0 Å². The minimum absolute atomic E-state index is 0.0352. The summed E-state index contributed by atoms with van der Waals surface area (Å²) in [6, 6.07) is 11.6. The van der Waals surface area contributed by atoms with Gasteiger partial charge in [0.05, 0.1) is 31.1 Å². The number of hydrogen-bond acceptors (Lipinski definition) is 6. The first-order valence-electron chi connectivity index (χ1n) is 12.3. The molecule has 8 nitrogen and oxygen atoms in total. The molecule has 0 radical (unpaired) electrons. The number of morpholine rings is 1. The van der Waals surface area contributed by atoms with Gasteiger partial charge in [-0.3, -0.25) is 9.69 Å². The SMILES string of the molecule is COc1ccc(CC(=O)N2CCCN(CC3CN(S(=O)(=O)c4ccc(C)c(F)c4)CCO3)CC2)cc1. The Bertz CT molecular complexity index is 1160. The van der Waals surface area contributed by atoms with Crippen molar-refractivity contribution in [2.75, 3.05) is 59.5 Å². The average Bonchev–Trinajstić information content (AvgIpc) is 3.12. The van der Waals surface area contributed by atoms with E-state index in [2.05, 4.69) is 4.90 Å². The predicted molar refractivity (Wildman–Crippen MR) is 134 cm³/mol. The highest BCUT2D eigenvalue weighted by molar-refractivity contribution is 7.89. The number of carbonyl (C=O) groups is 1. The van der Waals surface area contributed by atoms with E-state index in [-0.39, 0.29) is 30.0 Å². The van der Waals surface area contributed by atoms with E-state index < -0.39 is 15.8 Å². The molecular formula is C26H34FN3O5S. The first kappa shape index (κ1) is 26.5. The molecule has 2 aromatic carbocycles. The topological polar surface area (TPSA) is 79.4 Å². The zero-order valence-electron chi connectivity index (χ0n) is 20.9. The number of ether oxygens (including phenoxy) is 2. The maximum atomic E-state index is 14.0. The smallest absolute Gasteiger partial charge is 0.243 e. The molecule has 0 bridgehead atoms. The quantitative estimate of drug-likeness (QED) is 0.559. The summed E-state index contributed by atoms with van der Waals surface area (Å²) in [5.41, 5.74) is 1.36. The van der Waals surface area contributed by atoms with Gasteiger partial charge in [-0.15, -0.1) is 0 Å². The molecule has 2 fully saturated rings. The van der Waals surface area contributed by atoms with Crippen LogP contribution in [0.5, 0.6) is 5.75 Å². The van der Waals surface area contributed by atoms with Crippen molar-refractivity contribution < 1.29 is 27.1 Å². The number of nitrogens with zero attached hydrogens (tertiary/aromatic N) is 3. The van der Waals surface area contributed by atoms with Gasteiger partial charge in [-0.05, 0) is 55.3 Å². The van der Waals surface area contributed by atoms with Crippen molar-refractivity contribution in [3.63, 3.8) is 0 Å². The molecule has 0 aliphatic carbocycles. The van der Waals surface area contributed by atoms with E-state index in [0.717, 1.165) is 30.3 Å². The summed E-state index contributed by atoms with van der Waals surface area (Å²) in [5.74, 6) is 0.328. The van der Waals surface area contributed by atoms with Gasteiger partial charge in [-0.25, -0.2) is 12.8 Å². The van der Waals surface area contributed by atoms with E-state index in [1.165, 1.54) is 16.4 Å². The summed E-state index contributed by atoms with van der Waals surface area (Å²) in [6.07, 6.45) is 0.902. The molecule has 0 saturated carbocycles. The van der Waals surface area contributed by atoms with E-state index in [0.29, 0.717) is 44.8 Å². The molecule has 196 valence electrons. The molecule has 2 heterocycles. The second-order valence-electron chi connectivity index (χ2n) is 9.33. The number of halogens is 1. The van der Waals surface area contributed by atoms with Gasteiger partial charge in [0.25, 0.3) is 0 Å². The Morgan fingerprint density at radius 3 is 2.58 bits per heavy atom. The van der Waals surface area contributed by atoms with Gasteiger partial charge in [0.1, 0.15) is 11.6 Å². The molecule has 1 unspecified atom stereocenters. The minimum atomic E-state index is -3.80. The highest BCUT2D eigenvalue weighted by Gasteiger charge is 2.32. The van der Waals surface area contributed by atoms with Crippen LogP contribution < -0.4 is 4.74 Å². The number of amides is 1. The monoisotopic (exact) mass is 519 g/mol. The number of carbonyl (C=O) groups excluding carboxylic acids is 1. The third-order valence-electron chi connectivity index (χ3n) is 6.80. The molecule has 2 aliphatic heterocycles. The number of benzene rings is 2. The van der Waals surface area contributed by atoms with Gasteiger partial charge < -0.3 is 14.4 Å². The van der Waals surface area contributed by atoms with Gasteiger partial charge >= 0.3 is 0 Å². The summed E-state index contributed by atoms with van der Waals surface area (Å²) in [6.45, 7) is 5.74. The van der Waals surface area contributed by atoms with Crippen LogP contribution in [0.1, 0.15) is 17.5 Å². The van der Waals surface area contributed by atoms with Crippen LogP contribution in [0, 0.1) is 12.7 Å². The van der Waals surface area contributed by atoms with Crippen molar-refractivity contribution >= 4 is 15.9 Å². The third kappa shape index (κ3) is 6.42. The molecule has 2 saturated heterocycles. The largest absolute Gasteiger partial charge is 0.497 e. The molecule has 10 heteroatoms. The van der Waals surface area contributed by atoms with Crippen molar-refractivity contribution in [2.24, 2.45) is 0 Å². The Morgan fingerprint density at radius 1 is 1.08 bits per heavy atom. The lowest BCUT2D eigenvalue weighted by Gasteiger charge is -2.34. The van der Waals surface area contributed by atoms with Crippen LogP contribution in [0.3, 0.4) is 0 Å². The first-order chi connectivity index (χ1) is 17.3. The normalized spacial score (nSPS) is 20.2. The Labute approximate surface area is 212 Å². The van der Waals surface area contributed by atoms with Crippen LogP contribution in [0.25, 0.3) is 0 Å². The zero-order valence-corrected chi connectivity index (χ0v) is 21.7. The molecule has 0 aromatic heterocycles. The van der Waals surface area contributed by atoms with Crippen molar-refractivity contribution in [1.82, 2.24) is 14.1 Å². The second-order valence-corrected chi connectivity index (χ2v) is 11.3. The highest BCUT2D eigenvalue weighted by Crippen LogP contribution is 2.22. The van der Waals surface area contributed by atoms with Crippen molar-refractivity contribution in [2.45, 2.75) is 30.8 Å². The molecule has 0 spiro atoms. The van der Waals surface area contributed by atoms with Crippen molar-refractivity contribution in [3.05, 3.63) is 59.4 Å². The van der Waals surface area contributed by atoms with E-state index in [1.807, 2.05) is 29.2 Å². The molecule has 1 amide bonds. The first-order valence-corrected chi connectivity index (χ1v) is 13.7. The van der Waals surface area contributed by atoms with Crippen molar-refractivity contribution in [1.29, 1.82) is 0 Å². The van der Waals surface area contributed by atoms with E-state index in [1.54, 1.807) is 14.0 Å². The molecule has 0 N–H and O–H groups in total. The van der Waals surface area contributed by atoms with Crippen LogP contribution in [0.4, 0.5) is 4.39 Å². The van der Waals surface area contributed by atoms with E-state index in [4.69, 9.17) is 9.47 Å².